The van der Waals surface area contributed by atoms with E-state index in [2.05, 4.69) is 24.9 Å². The minimum absolute atomic E-state index is 0.00563. The number of thiazole rings is 1. The van der Waals surface area contributed by atoms with Gasteiger partial charge in [-0.3, -0.25) is 0 Å². The summed E-state index contributed by atoms with van der Waals surface area (Å²) >= 11 is 1.43. The van der Waals surface area contributed by atoms with Gasteiger partial charge < -0.3 is 19.1 Å². The van der Waals surface area contributed by atoms with Gasteiger partial charge in [-0.05, 0) is 48.4 Å². The van der Waals surface area contributed by atoms with Crippen molar-refractivity contribution in [3.63, 3.8) is 0 Å². The van der Waals surface area contributed by atoms with Crippen molar-refractivity contribution in [1.82, 2.24) is 29.5 Å². The molecule has 1 N–H and O–H groups in total. The number of rotatable bonds is 10. The van der Waals surface area contributed by atoms with Crippen molar-refractivity contribution >= 4 is 28.3 Å². The number of aromatic nitrogens is 6. The van der Waals surface area contributed by atoms with Crippen LogP contribution in [0.3, 0.4) is 0 Å². The summed E-state index contributed by atoms with van der Waals surface area (Å²) in [5.41, 5.74) is 2.44. The summed E-state index contributed by atoms with van der Waals surface area (Å²) in [6.07, 6.45) is 7.36. The molecule has 0 aliphatic carbocycles. The van der Waals surface area contributed by atoms with Gasteiger partial charge in [0.05, 0.1) is 39.8 Å². The van der Waals surface area contributed by atoms with Crippen molar-refractivity contribution in [1.29, 1.82) is 0 Å². The first-order valence-electron chi connectivity index (χ1n) is 14.0. The highest BCUT2D eigenvalue weighted by atomic mass is 32.1. The average Bonchev–Trinajstić information content (AvgIpc) is 3.64. The second-order valence-corrected chi connectivity index (χ2v) is 11.5. The van der Waals surface area contributed by atoms with Crippen LogP contribution in [0.2, 0.25) is 0 Å². The van der Waals surface area contributed by atoms with E-state index in [0.717, 1.165) is 29.0 Å². The van der Waals surface area contributed by atoms with E-state index in [-0.39, 0.29) is 47.4 Å². The van der Waals surface area contributed by atoms with E-state index in [1.54, 1.807) is 48.9 Å². The van der Waals surface area contributed by atoms with Gasteiger partial charge in [0, 0.05) is 48.8 Å². The summed E-state index contributed by atoms with van der Waals surface area (Å²) in [7, 11) is 0. The number of aromatic carboxylic acids is 1. The van der Waals surface area contributed by atoms with Crippen LogP contribution in [-0.4, -0.2) is 53.3 Å². The highest BCUT2D eigenvalue weighted by Gasteiger charge is 2.24. The molecular formula is C32H24F2N6O4S. The van der Waals surface area contributed by atoms with E-state index < -0.39 is 17.6 Å². The molecule has 0 unspecified atom stereocenters. The Bertz CT molecular complexity index is 2030. The van der Waals surface area contributed by atoms with Crippen LogP contribution >= 0.6 is 11.3 Å². The van der Waals surface area contributed by atoms with E-state index in [9.17, 15) is 9.90 Å². The summed E-state index contributed by atoms with van der Waals surface area (Å²) in [6, 6.07) is 11.8. The first-order valence-corrected chi connectivity index (χ1v) is 14.9. The van der Waals surface area contributed by atoms with Crippen LogP contribution < -0.4 is 4.74 Å². The molecular weight excluding hydrogens is 602 g/mol. The van der Waals surface area contributed by atoms with Gasteiger partial charge in [0.1, 0.15) is 35.4 Å². The molecule has 0 spiro atoms. The van der Waals surface area contributed by atoms with Gasteiger partial charge in [-0.1, -0.05) is 6.07 Å². The molecule has 10 nitrogen and oxygen atoms in total. The Morgan fingerprint density at radius 2 is 1.91 bits per heavy atom. The third kappa shape index (κ3) is 5.99. The standard InChI is InChI=1S/C32H24F2N6O4S/c33-23-11-22(25-2-1-3-30(39-25)44-16-31-37-14-28(45-31)20-12-35-17-36-13-20)24(34)8-19(23)10-29-38-26-5-4-18(32(41)42)9-27(26)40(29)15-21-6-7-43-21/h1-5,8-9,11-14,17,21H,6-7,10,15-16H2,(H,41,42)/t21-/m0/s1. The van der Waals surface area contributed by atoms with Gasteiger partial charge in [-0.25, -0.2) is 38.5 Å². The number of hydrogen-bond donors (Lipinski definition) is 1. The highest BCUT2D eigenvalue weighted by Crippen LogP contribution is 2.30. The number of hydrogen-bond acceptors (Lipinski definition) is 9. The fraction of sp³-hybridized carbons (Fsp3) is 0.188. The van der Waals surface area contributed by atoms with Crippen molar-refractivity contribution in [3.05, 3.63) is 107 Å². The number of carbonyl (C=O) groups is 1. The molecule has 4 aromatic heterocycles. The van der Waals surface area contributed by atoms with Crippen LogP contribution in [0.25, 0.3) is 32.7 Å². The lowest BCUT2D eigenvalue weighted by molar-refractivity contribution is -0.0589. The Morgan fingerprint density at radius 1 is 1.07 bits per heavy atom. The first kappa shape index (κ1) is 28.6. The highest BCUT2D eigenvalue weighted by molar-refractivity contribution is 7.15. The zero-order valence-corrected chi connectivity index (χ0v) is 24.4. The van der Waals surface area contributed by atoms with Gasteiger partial charge in [0.15, 0.2) is 0 Å². The lowest BCUT2D eigenvalue weighted by Gasteiger charge is -2.27. The molecule has 1 aliphatic rings. The predicted molar refractivity (Wildman–Crippen MR) is 161 cm³/mol. The van der Waals surface area contributed by atoms with Crippen molar-refractivity contribution < 1.29 is 28.2 Å². The number of carboxylic acids is 1. The molecule has 1 atom stereocenters. The van der Waals surface area contributed by atoms with Crippen LogP contribution in [0, 0.1) is 11.6 Å². The molecule has 0 saturated carbocycles. The van der Waals surface area contributed by atoms with Gasteiger partial charge in [-0.15, -0.1) is 11.3 Å². The van der Waals surface area contributed by atoms with Gasteiger partial charge >= 0.3 is 5.97 Å². The van der Waals surface area contributed by atoms with Gasteiger partial charge in [-0.2, -0.15) is 0 Å². The third-order valence-electron chi connectivity index (χ3n) is 7.48. The van der Waals surface area contributed by atoms with Crippen molar-refractivity contribution in [3.8, 4) is 27.6 Å². The Morgan fingerprint density at radius 3 is 2.69 bits per heavy atom. The molecule has 0 bridgehead atoms. The van der Waals surface area contributed by atoms with Crippen molar-refractivity contribution in [2.75, 3.05) is 6.61 Å². The van der Waals surface area contributed by atoms with Crippen molar-refractivity contribution in [2.24, 2.45) is 0 Å². The minimum atomic E-state index is -1.06. The van der Waals surface area contributed by atoms with E-state index in [4.69, 9.17) is 9.47 Å². The normalized spacial score (nSPS) is 14.4. The maximum absolute atomic E-state index is 15.5. The number of fused-ring (bicyclic) bond motifs is 1. The van der Waals surface area contributed by atoms with E-state index in [1.165, 1.54) is 23.7 Å². The van der Waals surface area contributed by atoms with Crippen LogP contribution in [0.4, 0.5) is 8.78 Å². The molecule has 7 rings (SSSR count). The SMILES string of the molecule is O=C(O)c1ccc2nc(Cc3cc(F)c(-c4cccc(OCc5ncc(-c6cncnc6)s5)n4)cc3F)n(C[C@@H]3CCO3)c2c1. The molecule has 1 saturated heterocycles. The first-order chi connectivity index (χ1) is 21.9. The number of nitrogens with zero attached hydrogens (tertiary/aromatic N) is 6. The van der Waals surface area contributed by atoms with Crippen molar-refractivity contribution in [2.45, 2.75) is 32.1 Å². The lowest BCUT2D eigenvalue weighted by Crippen LogP contribution is -2.31. The molecule has 2 aromatic carbocycles. The Balaban J connectivity index is 1.11. The van der Waals surface area contributed by atoms with Crippen LogP contribution in [0.5, 0.6) is 5.88 Å². The third-order valence-corrected chi connectivity index (χ3v) is 8.50. The fourth-order valence-electron chi connectivity index (χ4n) is 5.08. The van der Waals surface area contributed by atoms with E-state index in [1.807, 2.05) is 4.57 Å². The largest absolute Gasteiger partial charge is 0.478 e. The molecule has 5 heterocycles. The number of imidazole rings is 1. The Kier molecular flexibility index (Phi) is 7.69. The quantitative estimate of drug-likeness (QED) is 0.196. The van der Waals surface area contributed by atoms with Crippen LogP contribution in [0.15, 0.2) is 73.4 Å². The Labute approximate surface area is 259 Å². The molecule has 0 amide bonds. The smallest absolute Gasteiger partial charge is 0.335 e. The van der Waals surface area contributed by atoms with E-state index in [0.29, 0.717) is 35.0 Å². The molecule has 1 aliphatic heterocycles. The summed E-state index contributed by atoms with van der Waals surface area (Å²) < 4.78 is 44.3. The van der Waals surface area contributed by atoms with Crippen LogP contribution in [-0.2, 0) is 24.3 Å². The number of halogens is 2. The molecule has 6 aromatic rings. The number of benzene rings is 2. The predicted octanol–water partition coefficient (Wildman–Crippen LogP) is 5.95. The second-order valence-electron chi connectivity index (χ2n) is 10.4. The average molecular weight is 627 g/mol. The molecule has 13 heteroatoms. The summed E-state index contributed by atoms with van der Waals surface area (Å²) in [4.78, 5) is 33.9. The summed E-state index contributed by atoms with van der Waals surface area (Å²) in [5.74, 6) is -1.61. The van der Waals surface area contributed by atoms with Gasteiger partial charge in [0.2, 0.25) is 5.88 Å². The topological polar surface area (TPSA) is 125 Å². The number of pyridine rings is 1. The zero-order valence-electron chi connectivity index (χ0n) is 23.6. The van der Waals surface area contributed by atoms with E-state index >= 15 is 8.78 Å². The molecule has 45 heavy (non-hydrogen) atoms. The molecule has 0 radical (unpaired) electrons. The van der Waals surface area contributed by atoms with Gasteiger partial charge in [0.25, 0.3) is 0 Å². The summed E-state index contributed by atoms with van der Waals surface area (Å²) in [6.45, 7) is 1.22. The van der Waals surface area contributed by atoms with Crippen LogP contribution in [0.1, 0.15) is 33.2 Å². The number of ether oxygens (including phenoxy) is 2. The molecule has 1 fully saturated rings. The maximum Gasteiger partial charge on any atom is 0.335 e. The minimum Gasteiger partial charge on any atom is -0.478 e. The zero-order chi connectivity index (χ0) is 30.9. The molecule has 226 valence electrons. The lowest BCUT2D eigenvalue weighted by atomic mass is 10.0. The maximum atomic E-state index is 15.5. The number of carboxylic acid groups (broad SMARTS) is 1. The summed E-state index contributed by atoms with van der Waals surface area (Å²) in [5, 5.41) is 10.2. The monoisotopic (exact) mass is 626 g/mol. The Hall–Kier alpha value is -5.14. The fourth-order valence-corrected chi connectivity index (χ4v) is 5.89. The second kappa shape index (κ2) is 12.1.